The molecule has 2 rings (SSSR count). The summed E-state index contributed by atoms with van der Waals surface area (Å²) in [6.07, 6.45) is 1.11. The van der Waals surface area contributed by atoms with E-state index in [1.165, 1.54) is 0 Å². The highest BCUT2D eigenvalue weighted by Gasteiger charge is 2.16. The number of ether oxygens (including phenoxy) is 1. The second kappa shape index (κ2) is 8.73. The normalized spacial score (nSPS) is 13.3. The maximum atomic E-state index is 9.04. The minimum atomic E-state index is -0.277. The lowest BCUT2D eigenvalue weighted by Crippen LogP contribution is -2.33. The Bertz CT molecular complexity index is 577. The number of nitrogens with zero attached hydrogens (tertiary/aromatic N) is 2. The van der Waals surface area contributed by atoms with Crippen LogP contribution >= 0.6 is 12.4 Å². The van der Waals surface area contributed by atoms with E-state index in [9.17, 15) is 0 Å². The number of halogens is 1. The van der Waals surface area contributed by atoms with E-state index >= 15 is 0 Å². The van der Waals surface area contributed by atoms with Crippen LogP contribution in [0.1, 0.15) is 24.2 Å². The summed E-state index contributed by atoms with van der Waals surface area (Å²) in [6.45, 7) is 1.91. The van der Waals surface area contributed by atoms with Crippen LogP contribution in [0, 0.1) is 5.92 Å². The fourth-order valence-corrected chi connectivity index (χ4v) is 2.08. The Labute approximate surface area is 136 Å². The van der Waals surface area contributed by atoms with E-state index in [1.807, 2.05) is 31.2 Å². The molecule has 7 heteroatoms. The van der Waals surface area contributed by atoms with E-state index in [-0.39, 0.29) is 31.0 Å². The van der Waals surface area contributed by atoms with Gasteiger partial charge in [0.1, 0.15) is 5.75 Å². The van der Waals surface area contributed by atoms with Crippen LogP contribution in [-0.4, -0.2) is 35.0 Å². The zero-order valence-corrected chi connectivity index (χ0v) is 13.5. The predicted molar refractivity (Wildman–Crippen MR) is 85.3 cm³/mol. The first-order valence-electron chi connectivity index (χ1n) is 6.93. The molecule has 1 aromatic heterocycles. The Morgan fingerprint density at radius 2 is 2.09 bits per heavy atom. The van der Waals surface area contributed by atoms with Crippen LogP contribution in [-0.2, 0) is 12.8 Å². The summed E-state index contributed by atoms with van der Waals surface area (Å²) in [5.41, 5.74) is 6.78. The van der Waals surface area contributed by atoms with E-state index in [2.05, 4.69) is 10.1 Å². The lowest BCUT2D eigenvalue weighted by molar-refractivity contribution is 0.230. The second-order valence-electron chi connectivity index (χ2n) is 5.12. The lowest BCUT2D eigenvalue weighted by Gasteiger charge is -2.14. The third kappa shape index (κ3) is 4.69. The van der Waals surface area contributed by atoms with Crippen molar-refractivity contribution in [1.29, 1.82) is 0 Å². The van der Waals surface area contributed by atoms with Crippen molar-refractivity contribution >= 4 is 12.4 Å². The van der Waals surface area contributed by atoms with E-state index in [1.54, 1.807) is 7.11 Å². The Morgan fingerprint density at radius 3 is 2.77 bits per heavy atom. The molecule has 2 unspecified atom stereocenters. The minimum Gasteiger partial charge on any atom is -0.496 e. The number of aliphatic hydroxyl groups excluding tert-OH is 1. The zero-order valence-electron chi connectivity index (χ0n) is 12.7. The largest absolute Gasteiger partial charge is 0.496 e. The molecule has 0 bridgehead atoms. The standard InChI is InChI=1S/C15H21N3O3.ClH/c1-10(12(16)9-19)7-14-17-15(21-18-14)8-11-5-3-4-6-13(11)20-2;/h3-6,10,12,19H,7-9,16H2,1-2H3;1H. The summed E-state index contributed by atoms with van der Waals surface area (Å²) in [5, 5.41) is 13.0. The smallest absolute Gasteiger partial charge is 0.231 e. The Kier molecular flexibility index (Phi) is 7.31. The highest BCUT2D eigenvalue weighted by atomic mass is 35.5. The fourth-order valence-electron chi connectivity index (χ4n) is 2.08. The molecule has 6 nitrogen and oxygen atoms in total. The van der Waals surface area contributed by atoms with Gasteiger partial charge in [-0.3, -0.25) is 0 Å². The van der Waals surface area contributed by atoms with Gasteiger partial charge in [-0.1, -0.05) is 30.3 Å². The molecule has 0 spiro atoms. The van der Waals surface area contributed by atoms with Crippen LogP contribution in [0.5, 0.6) is 5.75 Å². The number of methoxy groups -OCH3 is 1. The van der Waals surface area contributed by atoms with Gasteiger partial charge in [-0.25, -0.2) is 0 Å². The number of aliphatic hydroxyl groups is 1. The molecule has 2 aromatic rings. The van der Waals surface area contributed by atoms with E-state index in [4.69, 9.17) is 20.1 Å². The van der Waals surface area contributed by atoms with Crippen LogP contribution in [0.3, 0.4) is 0 Å². The van der Waals surface area contributed by atoms with Crippen LogP contribution < -0.4 is 10.5 Å². The lowest BCUT2D eigenvalue weighted by atomic mass is 9.99. The number of benzene rings is 1. The van der Waals surface area contributed by atoms with E-state index < -0.39 is 0 Å². The molecule has 1 heterocycles. The molecule has 1 aromatic carbocycles. The molecule has 3 N–H and O–H groups in total. The molecule has 22 heavy (non-hydrogen) atoms. The molecule has 0 amide bonds. The topological polar surface area (TPSA) is 94.4 Å². The molecule has 0 fully saturated rings. The molecule has 0 aliphatic rings. The summed E-state index contributed by atoms with van der Waals surface area (Å²) in [4.78, 5) is 4.37. The summed E-state index contributed by atoms with van der Waals surface area (Å²) < 4.78 is 10.6. The molecular weight excluding hydrogens is 306 g/mol. The number of nitrogens with two attached hydrogens (primary N) is 1. The zero-order chi connectivity index (χ0) is 15.2. The SMILES string of the molecule is COc1ccccc1Cc1nc(CC(C)C(N)CO)no1.Cl. The Hall–Kier alpha value is -1.63. The first-order chi connectivity index (χ1) is 10.1. The average Bonchev–Trinajstić information content (AvgIpc) is 2.94. The van der Waals surface area contributed by atoms with Crippen molar-refractivity contribution in [3.8, 4) is 5.75 Å². The van der Waals surface area contributed by atoms with Crippen LogP contribution in [0.25, 0.3) is 0 Å². The quantitative estimate of drug-likeness (QED) is 0.802. The van der Waals surface area contributed by atoms with Crippen molar-refractivity contribution in [2.24, 2.45) is 11.7 Å². The maximum absolute atomic E-state index is 9.04. The van der Waals surface area contributed by atoms with Gasteiger partial charge in [0.2, 0.25) is 5.89 Å². The monoisotopic (exact) mass is 327 g/mol. The maximum Gasteiger partial charge on any atom is 0.231 e. The highest BCUT2D eigenvalue weighted by Crippen LogP contribution is 2.20. The summed E-state index contributed by atoms with van der Waals surface area (Å²) in [5.74, 6) is 2.04. The molecule has 0 saturated heterocycles. The number of hydrogen-bond donors (Lipinski definition) is 2. The molecule has 0 aliphatic heterocycles. The van der Waals surface area contributed by atoms with Gasteiger partial charge < -0.3 is 20.1 Å². The summed E-state index contributed by atoms with van der Waals surface area (Å²) in [6, 6.07) is 7.44. The Morgan fingerprint density at radius 1 is 1.36 bits per heavy atom. The molecular formula is C15H22ClN3O3. The third-order valence-corrected chi connectivity index (χ3v) is 3.49. The second-order valence-corrected chi connectivity index (χ2v) is 5.12. The number of aromatic nitrogens is 2. The first kappa shape index (κ1) is 18.4. The van der Waals surface area contributed by atoms with Crippen molar-refractivity contribution in [1.82, 2.24) is 10.1 Å². The number of para-hydroxylation sites is 1. The highest BCUT2D eigenvalue weighted by molar-refractivity contribution is 5.85. The number of rotatable bonds is 7. The molecule has 0 radical (unpaired) electrons. The molecule has 122 valence electrons. The average molecular weight is 328 g/mol. The van der Waals surface area contributed by atoms with Crippen molar-refractivity contribution in [2.75, 3.05) is 13.7 Å². The van der Waals surface area contributed by atoms with Gasteiger partial charge in [0, 0.05) is 18.0 Å². The van der Waals surface area contributed by atoms with Gasteiger partial charge in [-0.2, -0.15) is 4.98 Å². The first-order valence-corrected chi connectivity index (χ1v) is 6.93. The minimum absolute atomic E-state index is 0. The predicted octanol–water partition coefficient (Wildman–Crippen LogP) is 1.59. The summed E-state index contributed by atoms with van der Waals surface area (Å²) in [7, 11) is 1.63. The van der Waals surface area contributed by atoms with Crippen molar-refractivity contribution in [3.05, 3.63) is 41.5 Å². The molecule has 0 saturated carbocycles. The van der Waals surface area contributed by atoms with Gasteiger partial charge in [-0.15, -0.1) is 12.4 Å². The third-order valence-electron chi connectivity index (χ3n) is 3.49. The van der Waals surface area contributed by atoms with Gasteiger partial charge >= 0.3 is 0 Å². The van der Waals surface area contributed by atoms with E-state index in [0.29, 0.717) is 24.6 Å². The van der Waals surface area contributed by atoms with Crippen LogP contribution in [0.2, 0.25) is 0 Å². The Balaban J connectivity index is 0.00000242. The van der Waals surface area contributed by atoms with Crippen LogP contribution in [0.15, 0.2) is 28.8 Å². The number of hydrogen-bond acceptors (Lipinski definition) is 6. The van der Waals surface area contributed by atoms with Gasteiger partial charge in [0.15, 0.2) is 5.82 Å². The van der Waals surface area contributed by atoms with E-state index in [0.717, 1.165) is 11.3 Å². The van der Waals surface area contributed by atoms with Gasteiger partial charge in [0.05, 0.1) is 20.1 Å². The molecule has 2 atom stereocenters. The molecule has 0 aliphatic carbocycles. The van der Waals surface area contributed by atoms with Crippen molar-refractivity contribution in [2.45, 2.75) is 25.8 Å². The van der Waals surface area contributed by atoms with Crippen LogP contribution in [0.4, 0.5) is 0 Å². The van der Waals surface area contributed by atoms with Crippen molar-refractivity contribution in [3.63, 3.8) is 0 Å². The van der Waals surface area contributed by atoms with Gasteiger partial charge in [0.25, 0.3) is 0 Å². The fraction of sp³-hybridized carbons (Fsp3) is 0.467. The van der Waals surface area contributed by atoms with Crippen molar-refractivity contribution < 1.29 is 14.4 Å². The summed E-state index contributed by atoms with van der Waals surface area (Å²) >= 11 is 0. The van der Waals surface area contributed by atoms with Gasteiger partial charge in [-0.05, 0) is 12.0 Å².